The van der Waals surface area contributed by atoms with Gasteiger partial charge in [-0.1, -0.05) is 28.1 Å². The number of rotatable bonds is 9. The zero-order chi connectivity index (χ0) is 28.6. The van der Waals surface area contributed by atoms with E-state index in [0.717, 1.165) is 17.2 Å². The van der Waals surface area contributed by atoms with Crippen molar-refractivity contribution in [3.05, 3.63) is 105 Å². The molecule has 1 heterocycles. The summed E-state index contributed by atoms with van der Waals surface area (Å²) in [4.78, 5) is 20.4. The van der Waals surface area contributed by atoms with Crippen LogP contribution in [0.15, 0.2) is 71.5 Å². The molecule has 0 radical (unpaired) electrons. The maximum atomic E-state index is 13.9. The van der Waals surface area contributed by atoms with Gasteiger partial charge in [-0.2, -0.15) is 5.26 Å². The maximum Gasteiger partial charge on any atom is 0.331 e. The second kappa shape index (κ2) is 12.9. The Morgan fingerprint density at radius 3 is 2.40 bits per heavy atom. The average Bonchev–Trinajstić information content (AvgIpc) is 2.94. The van der Waals surface area contributed by atoms with Crippen LogP contribution in [-0.4, -0.2) is 23.0 Å². The predicted molar refractivity (Wildman–Crippen MR) is 149 cm³/mol. The number of aromatic nitrogens is 2. The topological polar surface area (TPSA) is 104 Å². The van der Waals surface area contributed by atoms with Crippen LogP contribution >= 0.6 is 15.9 Å². The summed E-state index contributed by atoms with van der Waals surface area (Å²) in [5.74, 6) is 0.760. The normalized spacial score (nSPS) is 10.7. The molecule has 0 aliphatic carbocycles. The molecule has 3 aromatic carbocycles. The number of hydrogen-bond acceptors (Lipinski definition) is 8. The molecular weight excluding hydrogens is 581 g/mol. The van der Waals surface area contributed by atoms with Crippen LogP contribution in [-0.2, 0) is 16.1 Å². The fourth-order valence-electron chi connectivity index (χ4n) is 3.71. The Labute approximate surface area is 238 Å². The van der Waals surface area contributed by atoms with Gasteiger partial charge in [-0.05, 0) is 73.0 Å². The molecule has 0 aliphatic heterocycles. The van der Waals surface area contributed by atoms with Gasteiger partial charge in [0.15, 0.2) is 11.5 Å². The number of carbonyl (C=O) groups is 1. The Balaban J connectivity index is 1.41. The highest BCUT2D eigenvalue weighted by atomic mass is 79.9. The summed E-state index contributed by atoms with van der Waals surface area (Å²) < 4.78 is 37.1. The molecule has 0 atom stereocenters. The lowest BCUT2D eigenvalue weighted by molar-refractivity contribution is -0.138. The van der Waals surface area contributed by atoms with Gasteiger partial charge in [-0.25, -0.2) is 19.2 Å². The minimum Gasteiger partial charge on any atom is -0.493 e. The van der Waals surface area contributed by atoms with Crippen LogP contribution in [0, 0.1) is 31.0 Å². The number of esters is 1. The van der Waals surface area contributed by atoms with Gasteiger partial charge < -0.3 is 18.9 Å². The van der Waals surface area contributed by atoms with Crippen molar-refractivity contribution in [2.24, 2.45) is 0 Å². The average molecular weight is 604 g/mol. The third kappa shape index (κ3) is 7.21. The molecule has 202 valence electrons. The highest BCUT2D eigenvalue weighted by Gasteiger charge is 2.13. The molecule has 10 heteroatoms. The minimum absolute atomic E-state index is 0.0303. The van der Waals surface area contributed by atoms with Crippen molar-refractivity contribution >= 4 is 28.0 Å². The van der Waals surface area contributed by atoms with Gasteiger partial charge in [-0.15, -0.1) is 0 Å². The van der Waals surface area contributed by atoms with Crippen molar-refractivity contribution in [3.8, 4) is 35.1 Å². The molecule has 1 aromatic heterocycles. The van der Waals surface area contributed by atoms with Gasteiger partial charge in [0, 0.05) is 16.1 Å². The summed E-state index contributed by atoms with van der Waals surface area (Å²) in [6, 6.07) is 16.7. The van der Waals surface area contributed by atoms with Crippen molar-refractivity contribution in [3.63, 3.8) is 0 Å². The summed E-state index contributed by atoms with van der Waals surface area (Å²) in [7, 11) is 1.48. The third-order valence-corrected chi connectivity index (χ3v) is 6.09. The molecule has 0 amide bonds. The van der Waals surface area contributed by atoms with E-state index >= 15 is 0 Å². The smallest absolute Gasteiger partial charge is 0.331 e. The van der Waals surface area contributed by atoms with Crippen LogP contribution < -0.4 is 14.2 Å². The monoisotopic (exact) mass is 603 g/mol. The van der Waals surface area contributed by atoms with Crippen LogP contribution in [0.3, 0.4) is 0 Å². The lowest BCUT2D eigenvalue weighted by atomic mass is 10.1. The van der Waals surface area contributed by atoms with Crippen molar-refractivity contribution < 1.29 is 28.1 Å². The van der Waals surface area contributed by atoms with E-state index in [0.29, 0.717) is 32.8 Å². The highest BCUT2D eigenvalue weighted by Crippen LogP contribution is 2.34. The zero-order valence-electron chi connectivity index (χ0n) is 21.8. The Hall–Kier alpha value is -4.75. The second-order valence-corrected chi connectivity index (χ2v) is 9.46. The van der Waals surface area contributed by atoms with Crippen molar-refractivity contribution in [1.82, 2.24) is 9.97 Å². The van der Waals surface area contributed by atoms with Gasteiger partial charge in [0.05, 0.1) is 24.8 Å². The highest BCUT2D eigenvalue weighted by molar-refractivity contribution is 9.10. The molecule has 0 spiro atoms. The first-order chi connectivity index (χ1) is 19.2. The third-order valence-electron chi connectivity index (χ3n) is 5.60. The van der Waals surface area contributed by atoms with E-state index in [4.69, 9.17) is 24.2 Å². The molecule has 4 rings (SSSR count). The molecule has 4 aromatic rings. The number of carbonyl (C=O) groups excluding carboxylic acids is 1. The number of ether oxygens (including phenoxy) is 4. The van der Waals surface area contributed by atoms with E-state index in [1.165, 1.54) is 31.6 Å². The number of hydrogen-bond donors (Lipinski definition) is 0. The molecule has 0 N–H and O–H groups in total. The van der Waals surface area contributed by atoms with Gasteiger partial charge in [0.1, 0.15) is 24.5 Å². The van der Waals surface area contributed by atoms with E-state index in [2.05, 4.69) is 32.0 Å². The molecule has 8 nitrogen and oxygen atoms in total. The van der Waals surface area contributed by atoms with E-state index < -0.39 is 11.8 Å². The molecule has 0 saturated heterocycles. The van der Waals surface area contributed by atoms with E-state index in [9.17, 15) is 9.18 Å². The summed E-state index contributed by atoms with van der Waals surface area (Å²) in [6.45, 7) is 3.67. The molecule has 40 heavy (non-hydrogen) atoms. The van der Waals surface area contributed by atoms with Crippen LogP contribution in [0.4, 0.5) is 4.39 Å². The van der Waals surface area contributed by atoms with Gasteiger partial charge in [0.2, 0.25) is 11.8 Å². The number of benzene rings is 3. The predicted octanol–water partition coefficient (Wildman–Crippen LogP) is 7.22. The molecule has 0 bridgehead atoms. The number of nitriles is 1. The summed E-state index contributed by atoms with van der Waals surface area (Å²) in [6.07, 6.45) is 3.83. The number of aryl methyl sites for hydroxylation is 2. The Morgan fingerprint density at radius 1 is 1.00 bits per heavy atom. The maximum absolute atomic E-state index is 13.9. The van der Waals surface area contributed by atoms with E-state index in [1.807, 2.05) is 13.8 Å². The SMILES string of the molecule is COc1cc(COC(=O)/C=C/c2ccc(Br)cc2F)ccc1Oc1cc(Oc2c(C)cc(C#N)cc2C)ncn1. The standard InChI is InChI=1S/C30H23BrFN3O5/c1-18-10-21(15-33)11-19(2)30(18)40-28-14-27(34-17-35-28)39-25-8-4-20(12-26(25)37-3)16-38-29(36)9-6-22-5-7-23(31)13-24(22)32/h4-14,17H,16H2,1-3H3/b9-6+. The van der Waals surface area contributed by atoms with E-state index in [1.54, 1.807) is 42.5 Å². The largest absolute Gasteiger partial charge is 0.493 e. The second-order valence-electron chi connectivity index (χ2n) is 8.54. The fourth-order valence-corrected chi connectivity index (χ4v) is 4.04. The van der Waals surface area contributed by atoms with Crippen LogP contribution in [0.2, 0.25) is 0 Å². The Morgan fingerprint density at radius 2 is 1.73 bits per heavy atom. The van der Waals surface area contributed by atoms with Gasteiger partial charge in [-0.3, -0.25) is 0 Å². The quantitative estimate of drug-likeness (QED) is 0.146. The van der Waals surface area contributed by atoms with Crippen molar-refractivity contribution in [2.45, 2.75) is 20.5 Å². The van der Waals surface area contributed by atoms with E-state index in [-0.39, 0.29) is 23.9 Å². The van der Waals surface area contributed by atoms with Crippen LogP contribution in [0.5, 0.6) is 29.0 Å². The van der Waals surface area contributed by atoms with Crippen molar-refractivity contribution in [1.29, 1.82) is 5.26 Å². The lowest BCUT2D eigenvalue weighted by Crippen LogP contribution is -2.02. The molecule has 0 aliphatic rings. The number of nitrogens with zero attached hydrogens (tertiary/aromatic N) is 3. The fraction of sp³-hybridized carbons (Fsp3) is 0.133. The number of halogens is 2. The summed E-state index contributed by atoms with van der Waals surface area (Å²) in [5.41, 5.74) is 3.06. The number of methoxy groups -OCH3 is 1. The molecule has 0 unspecified atom stereocenters. The summed E-state index contributed by atoms with van der Waals surface area (Å²) >= 11 is 3.19. The first-order valence-corrected chi connectivity index (χ1v) is 12.7. The Kier molecular flexibility index (Phi) is 9.09. The van der Waals surface area contributed by atoms with Gasteiger partial charge in [0.25, 0.3) is 0 Å². The molecule has 0 saturated carbocycles. The van der Waals surface area contributed by atoms with Crippen LogP contribution in [0.25, 0.3) is 6.08 Å². The summed E-state index contributed by atoms with van der Waals surface area (Å²) in [5, 5.41) is 9.16. The van der Waals surface area contributed by atoms with Crippen LogP contribution in [0.1, 0.15) is 27.8 Å². The van der Waals surface area contributed by atoms with Gasteiger partial charge >= 0.3 is 5.97 Å². The molecule has 0 fully saturated rings. The molecular formula is C30H23BrFN3O5. The van der Waals surface area contributed by atoms with Crippen molar-refractivity contribution in [2.75, 3.05) is 7.11 Å². The Bertz CT molecular complexity index is 1610. The minimum atomic E-state index is -0.622. The first-order valence-electron chi connectivity index (χ1n) is 11.9. The lowest BCUT2D eigenvalue weighted by Gasteiger charge is -2.13. The zero-order valence-corrected chi connectivity index (χ0v) is 23.4. The first kappa shape index (κ1) is 28.3.